The molecular weight excluding hydrogens is 404 g/mol. The molecule has 1 fully saturated rings. The van der Waals surface area contributed by atoms with Gasteiger partial charge in [-0.3, -0.25) is 9.48 Å². The third kappa shape index (κ3) is 6.72. The van der Waals surface area contributed by atoms with Crippen molar-refractivity contribution >= 4 is 12.0 Å². The normalized spacial score (nSPS) is 17.8. The van der Waals surface area contributed by atoms with Crippen LogP contribution >= 0.6 is 0 Å². The molecule has 182 valence electrons. The molecule has 7 heteroatoms. The van der Waals surface area contributed by atoms with Crippen molar-refractivity contribution in [2.45, 2.75) is 105 Å². The topological polar surface area (TPSA) is 67.7 Å². The van der Waals surface area contributed by atoms with E-state index in [0.29, 0.717) is 18.8 Å². The summed E-state index contributed by atoms with van der Waals surface area (Å²) >= 11 is 0. The van der Waals surface area contributed by atoms with Gasteiger partial charge in [-0.15, -0.1) is 0 Å². The average molecular weight is 449 g/mol. The largest absolute Gasteiger partial charge is 0.444 e. The fourth-order valence-electron chi connectivity index (χ4n) is 4.10. The molecule has 1 aliphatic rings. The van der Waals surface area contributed by atoms with Gasteiger partial charge in [0.25, 0.3) is 5.91 Å². The quantitative estimate of drug-likeness (QED) is 0.616. The Kier molecular flexibility index (Phi) is 8.05. The van der Waals surface area contributed by atoms with E-state index >= 15 is 0 Å². The second-order valence-corrected chi connectivity index (χ2v) is 11.7. The smallest absolute Gasteiger partial charge is 0.410 e. The van der Waals surface area contributed by atoms with E-state index < -0.39 is 5.60 Å². The highest BCUT2D eigenvalue weighted by molar-refractivity contribution is 5.92. The van der Waals surface area contributed by atoms with Crippen LogP contribution in [0.1, 0.15) is 104 Å². The minimum Gasteiger partial charge on any atom is -0.444 e. The molecule has 1 aliphatic heterocycles. The Morgan fingerprint density at radius 3 is 2.25 bits per heavy atom. The number of rotatable bonds is 5. The fourth-order valence-corrected chi connectivity index (χ4v) is 4.10. The van der Waals surface area contributed by atoms with Gasteiger partial charge >= 0.3 is 6.09 Å². The van der Waals surface area contributed by atoms with Gasteiger partial charge in [0.15, 0.2) is 5.69 Å². The molecule has 1 aromatic rings. The lowest BCUT2D eigenvalue weighted by Crippen LogP contribution is -2.48. The summed E-state index contributed by atoms with van der Waals surface area (Å²) in [5.41, 5.74) is 0.870. The lowest BCUT2D eigenvalue weighted by Gasteiger charge is -2.37. The average Bonchev–Trinajstić information content (AvgIpc) is 3.10. The molecule has 1 unspecified atom stereocenters. The maximum absolute atomic E-state index is 13.3. The zero-order chi connectivity index (χ0) is 24.4. The monoisotopic (exact) mass is 448 g/mol. The van der Waals surface area contributed by atoms with Crippen molar-refractivity contribution in [2.75, 3.05) is 19.6 Å². The Hall–Kier alpha value is -2.05. The number of likely N-dealkylation sites (tertiary alicyclic amines) is 1. The van der Waals surface area contributed by atoms with Gasteiger partial charge in [-0.25, -0.2) is 4.79 Å². The van der Waals surface area contributed by atoms with Crippen LogP contribution in [0.15, 0.2) is 6.07 Å². The Morgan fingerprint density at radius 1 is 1.16 bits per heavy atom. The molecule has 0 radical (unpaired) electrons. The van der Waals surface area contributed by atoms with Gasteiger partial charge in [-0.1, -0.05) is 13.8 Å². The molecule has 7 nitrogen and oxygen atoms in total. The van der Waals surface area contributed by atoms with Crippen LogP contribution in [-0.4, -0.2) is 62.9 Å². The van der Waals surface area contributed by atoms with Crippen molar-refractivity contribution in [3.05, 3.63) is 17.5 Å². The number of hydrogen-bond acceptors (Lipinski definition) is 4. The van der Waals surface area contributed by atoms with Crippen molar-refractivity contribution < 1.29 is 14.3 Å². The van der Waals surface area contributed by atoms with Gasteiger partial charge in [-0.05, 0) is 86.1 Å². The van der Waals surface area contributed by atoms with Crippen LogP contribution in [0.3, 0.4) is 0 Å². The van der Waals surface area contributed by atoms with E-state index in [0.717, 1.165) is 25.1 Å². The van der Waals surface area contributed by atoms with Gasteiger partial charge in [0.1, 0.15) is 5.60 Å². The number of hydrogen-bond donors (Lipinski definition) is 0. The molecule has 2 heterocycles. The first-order valence-corrected chi connectivity index (χ1v) is 12.0. The second kappa shape index (κ2) is 9.84. The first kappa shape index (κ1) is 26.2. The Balaban J connectivity index is 2.15. The summed E-state index contributed by atoms with van der Waals surface area (Å²) in [7, 11) is 0. The van der Waals surface area contributed by atoms with Crippen molar-refractivity contribution in [3.63, 3.8) is 0 Å². The van der Waals surface area contributed by atoms with E-state index in [1.165, 1.54) is 0 Å². The zero-order valence-corrected chi connectivity index (χ0v) is 21.9. The van der Waals surface area contributed by atoms with E-state index in [4.69, 9.17) is 9.84 Å². The van der Waals surface area contributed by atoms with Gasteiger partial charge in [0.05, 0.1) is 5.54 Å². The molecular formula is C25H44N4O3. The molecule has 1 atom stereocenters. The van der Waals surface area contributed by atoms with Gasteiger partial charge in [-0.2, -0.15) is 5.10 Å². The summed E-state index contributed by atoms with van der Waals surface area (Å²) in [6, 6.07) is 1.98. The maximum Gasteiger partial charge on any atom is 0.410 e. The number of nitrogens with zero attached hydrogens (tertiary/aromatic N) is 4. The summed E-state index contributed by atoms with van der Waals surface area (Å²) in [6.45, 7) is 22.2. The van der Waals surface area contributed by atoms with Crippen LogP contribution in [0.2, 0.25) is 0 Å². The van der Waals surface area contributed by atoms with Crippen LogP contribution in [0.5, 0.6) is 0 Å². The molecule has 0 aliphatic carbocycles. The number of carbonyl (C=O) groups is 2. The highest BCUT2D eigenvalue weighted by Gasteiger charge is 2.32. The molecule has 2 amide bonds. The van der Waals surface area contributed by atoms with Crippen LogP contribution in [-0.2, 0) is 10.3 Å². The minimum absolute atomic E-state index is 0.0204. The predicted octanol–water partition coefficient (Wildman–Crippen LogP) is 5.26. The van der Waals surface area contributed by atoms with Crippen LogP contribution < -0.4 is 0 Å². The van der Waals surface area contributed by atoms with E-state index in [-0.39, 0.29) is 35.4 Å². The first-order chi connectivity index (χ1) is 14.6. The standard InChI is InChI=1S/C25H44N4O3/c1-17(2)21-14-20(26-29(21)24(5,6)7)22(30)27-13-11-12-19(15-27)16-28(18(3)4)23(31)32-25(8,9)10/h14,17-19H,11-13,15-16H2,1-10H3. The molecule has 0 saturated carbocycles. The summed E-state index contributed by atoms with van der Waals surface area (Å²) in [5.74, 6) is 0.482. The third-order valence-electron chi connectivity index (χ3n) is 5.70. The summed E-state index contributed by atoms with van der Waals surface area (Å²) in [6.07, 6.45) is 1.62. The van der Waals surface area contributed by atoms with Crippen molar-refractivity contribution in [3.8, 4) is 0 Å². The molecule has 0 spiro atoms. The number of piperidine rings is 1. The maximum atomic E-state index is 13.3. The molecule has 1 saturated heterocycles. The number of carbonyl (C=O) groups excluding carboxylic acids is 2. The highest BCUT2D eigenvalue weighted by Crippen LogP contribution is 2.26. The van der Waals surface area contributed by atoms with E-state index in [1.807, 2.05) is 50.3 Å². The second-order valence-electron chi connectivity index (χ2n) is 11.7. The Morgan fingerprint density at radius 2 is 1.78 bits per heavy atom. The van der Waals surface area contributed by atoms with Crippen molar-refractivity contribution in [2.24, 2.45) is 5.92 Å². The SMILES string of the molecule is CC(C)c1cc(C(=O)N2CCCC(CN(C(=O)OC(C)(C)C)C(C)C)C2)nn1C(C)(C)C. The fraction of sp³-hybridized carbons (Fsp3) is 0.800. The third-order valence-corrected chi connectivity index (χ3v) is 5.70. The number of ether oxygens (including phenoxy) is 1. The number of amides is 2. The highest BCUT2D eigenvalue weighted by atomic mass is 16.6. The van der Waals surface area contributed by atoms with E-state index in [1.54, 1.807) is 4.90 Å². The summed E-state index contributed by atoms with van der Waals surface area (Å²) in [4.78, 5) is 29.8. The van der Waals surface area contributed by atoms with Crippen LogP contribution in [0.25, 0.3) is 0 Å². The van der Waals surface area contributed by atoms with Crippen LogP contribution in [0, 0.1) is 5.92 Å². The van der Waals surface area contributed by atoms with E-state index in [9.17, 15) is 9.59 Å². The first-order valence-electron chi connectivity index (χ1n) is 12.0. The Bertz CT molecular complexity index is 799. The van der Waals surface area contributed by atoms with Crippen molar-refractivity contribution in [1.29, 1.82) is 0 Å². The molecule has 0 aromatic carbocycles. The predicted molar refractivity (Wildman–Crippen MR) is 128 cm³/mol. The van der Waals surface area contributed by atoms with Gasteiger partial charge in [0.2, 0.25) is 0 Å². The van der Waals surface area contributed by atoms with E-state index in [2.05, 4.69) is 34.6 Å². The molecule has 0 bridgehead atoms. The molecule has 32 heavy (non-hydrogen) atoms. The summed E-state index contributed by atoms with van der Waals surface area (Å²) in [5, 5.41) is 4.70. The summed E-state index contributed by atoms with van der Waals surface area (Å²) < 4.78 is 7.59. The Labute approximate surface area is 194 Å². The van der Waals surface area contributed by atoms with Crippen molar-refractivity contribution in [1.82, 2.24) is 19.6 Å². The number of aromatic nitrogens is 2. The van der Waals surface area contributed by atoms with Crippen LogP contribution in [0.4, 0.5) is 4.79 Å². The van der Waals surface area contributed by atoms with Gasteiger partial charge in [0, 0.05) is 31.4 Å². The molecule has 1 aromatic heterocycles. The molecule has 2 rings (SSSR count). The lowest BCUT2D eigenvalue weighted by atomic mass is 9.96. The lowest BCUT2D eigenvalue weighted by molar-refractivity contribution is 0.0123. The zero-order valence-electron chi connectivity index (χ0n) is 21.9. The minimum atomic E-state index is -0.529. The molecule has 0 N–H and O–H groups in total. The van der Waals surface area contributed by atoms with Gasteiger partial charge < -0.3 is 14.5 Å².